The summed E-state index contributed by atoms with van der Waals surface area (Å²) < 4.78 is 2.18. The topological polar surface area (TPSA) is 30.7 Å². The lowest BCUT2D eigenvalue weighted by Gasteiger charge is -2.08. The second kappa shape index (κ2) is 6.38. The normalized spacial score (nSPS) is 11.6. The highest BCUT2D eigenvalue weighted by Crippen LogP contribution is 2.18. The van der Waals surface area contributed by atoms with Gasteiger partial charge in [0.25, 0.3) is 0 Å². The third-order valence-electron chi connectivity index (χ3n) is 3.34. The molecule has 0 aliphatic carbocycles. The fourth-order valence-electron chi connectivity index (χ4n) is 2.30. The molecular weight excluding hydrogens is 258 g/mol. The van der Waals surface area contributed by atoms with Crippen LogP contribution in [-0.4, -0.2) is 14.5 Å². The molecule has 104 valence electrons. The van der Waals surface area contributed by atoms with E-state index in [4.69, 9.17) is 11.6 Å². The lowest BCUT2D eigenvalue weighted by atomic mass is 10.1. The molecule has 3 nitrogen and oxygen atoms in total. The van der Waals surface area contributed by atoms with E-state index in [1.54, 1.807) is 0 Å². The number of rotatable bonds is 6. The van der Waals surface area contributed by atoms with Gasteiger partial charge in [0.05, 0.1) is 5.88 Å². The highest BCUT2D eigenvalue weighted by molar-refractivity contribution is 6.16. The molecule has 2 aromatic heterocycles. The monoisotopic (exact) mass is 279 g/mol. The van der Waals surface area contributed by atoms with Crippen molar-refractivity contribution >= 4 is 22.8 Å². The van der Waals surface area contributed by atoms with Gasteiger partial charge in [0.1, 0.15) is 11.3 Å². The molecule has 2 rings (SSSR count). The average molecular weight is 280 g/mol. The molecular formula is C15H22ClN3. The summed E-state index contributed by atoms with van der Waals surface area (Å²) in [5.74, 6) is 2.14. The van der Waals surface area contributed by atoms with Crippen molar-refractivity contribution in [3.05, 3.63) is 23.7 Å². The van der Waals surface area contributed by atoms with E-state index in [1.807, 2.05) is 19.1 Å². The van der Waals surface area contributed by atoms with Crippen LogP contribution >= 0.6 is 11.6 Å². The van der Waals surface area contributed by atoms with E-state index in [1.165, 1.54) is 12.8 Å². The minimum atomic E-state index is 0.444. The maximum absolute atomic E-state index is 6.00. The minimum absolute atomic E-state index is 0.444. The number of imidazole rings is 1. The van der Waals surface area contributed by atoms with Gasteiger partial charge >= 0.3 is 0 Å². The number of alkyl halides is 1. The van der Waals surface area contributed by atoms with E-state index in [-0.39, 0.29) is 0 Å². The van der Waals surface area contributed by atoms with Crippen molar-refractivity contribution in [2.75, 3.05) is 0 Å². The summed E-state index contributed by atoms with van der Waals surface area (Å²) in [4.78, 5) is 9.15. The van der Waals surface area contributed by atoms with E-state index in [0.29, 0.717) is 5.88 Å². The predicted octanol–water partition coefficient (Wildman–Crippen LogP) is 4.30. The molecule has 0 fully saturated rings. The Morgan fingerprint density at radius 2 is 2.00 bits per heavy atom. The van der Waals surface area contributed by atoms with Gasteiger partial charge in [0.2, 0.25) is 0 Å². The van der Waals surface area contributed by atoms with Gasteiger partial charge in [-0.1, -0.05) is 26.7 Å². The molecule has 0 atom stereocenters. The van der Waals surface area contributed by atoms with Gasteiger partial charge in [-0.25, -0.2) is 9.97 Å². The van der Waals surface area contributed by atoms with Crippen molar-refractivity contribution < 1.29 is 0 Å². The Kier molecular flexibility index (Phi) is 4.81. The molecule has 0 spiro atoms. The number of nitrogens with zero attached hydrogens (tertiary/aromatic N) is 3. The van der Waals surface area contributed by atoms with Crippen molar-refractivity contribution in [3.63, 3.8) is 0 Å². The van der Waals surface area contributed by atoms with E-state index in [0.717, 1.165) is 41.6 Å². The minimum Gasteiger partial charge on any atom is -0.312 e. The lowest BCUT2D eigenvalue weighted by Crippen LogP contribution is -2.04. The summed E-state index contributed by atoms with van der Waals surface area (Å²) in [6, 6.07) is 4.02. The van der Waals surface area contributed by atoms with Crippen molar-refractivity contribution in [1.82, 2.24) is 14.5 Å². The second-order valence-electron chi connectivity index (χ2n) is 5.50. The SMILES string of the molecule is Cc1ccc2nc(CCl)n(CCCCC(C)C)c2n1. The number of pyridine rings is 1. The van der Waals surface area contributed by atoms with Crippen LogP contribution in [-0.2, 0) is 12.4 Å². The van der Waals surface area contributed by atoms with Gasteiger partial charge in [0, 0.05) is 12.2 Å². The standard InChI is InChI=1S/C15H22ClN3/c1-11(2)6-4-5-9-19-14(10-16)18-13-8-7-12(3)17-15(13)19/h7-8,11H,4-6,9-10H2,1-3H3. The van der Waals surface area contributed by atoms with Crippen molar-refractivity contribution in [1.29, 1.82) is 0 Å². The Morgan fingerprint density at radius 1 is 1.21 bits per heavy atom. The first-order chi connectivity index (χ1) is 9.11. The highest BCUT2D eigenvalue weighted by atomic mass is 35.5. The fraction of sp³-hybridized carbons (Fsp3) is 0.600. The summed E-state index contributed by atoms with van der Waals surface area (Å²) >= 11 is 6.00. The van der Waals surface area contributed by atoms with E-state index >= 15 is 0 Å². The Labute approximate surface area is 120 Å². The summed E-state index contributed by atoms with van der Waals surface area (Å²) in [7, 11) is 0. The first kappa shape index (κ1) is 14.3. The van der Waals surface area contributed by atoms with E-state index < -0.39 is 0 Å². The van der Waals surface area contributed by atoms with Crippen LogP contribution in [0.2, 0.25) is 0 Å². The average Bonchev–Trinajstić information content (AvgIpc) is 2.72. The zero-order chi connectivity index (χ0) is 13.8. The molecule has 0 unspecified atom stereocenters. The molecule has 0 amide bonds. The van der Waals surface area contributed by atoms with Crippen LogP contribution in [0.25, 0.3) is 11.2 Å². The molecule has 0 saturated heterocycles. The molecule has 2 heterocycles. The number of halogens is 1. The first-order valence-corrected chi connectivity index (χ1v) is 7.54. The number of unbranched alkanes of at least 4 members (excludes halogenated alkanes) is 1. The van der Waals surface area contributed by atoms with Crippen molar-refractivity contribution in [2.45, 2.75) is 52.5 Å². The Hall–Kier alpha value is -1.09. The number of hydrogen-bond donors (Lipinski definition) is 0. The first-order valence-electron chi connectivity index (χ1n) is 7.00. The molecule has 0 N–H and O–H groups in total. The largest absolute Gasteiger partial charge is 0.312 e. The van der Waals surface area contributed by atoms with Gasteiger partial charge < -0.3 is 4.57 Å². The zero-order valence-electron chi connectivity index (χ0n) is 12.0. The summed E-state index contributed by atoms with van der Waals surface area (Å²) in [5, 5.41) is 0. The van der Waals surface area contributed by atoms with Crippen LogP contribution in [0.4, 0.5) is 0 Å². The Balaban J connectivity index is 2.17. The van der Waals surface area contributed by atoms with Gasteiger partial charge in [0.15, 0.2) is 5.65 Å². The highest BCUT2D eigenvalue weighted by Gasteiger charge is 2.11. The molecule has 4 heteroatoms. The van der Waals surface area contributed by atoms with Gasteiger partial charge in [-0.2, -0.15) is 0 Å². The molecule has 0 saturated carbocycles. The van der Waals surface area contributed by atoms with Crippen molar-refractivity contribution in [2.24, 2.45) is 5.92 Å². The third kappa shape index (κ3) is 3.47. The van der Waals surface area contributed by atoms with Crippen LogP contribution < -0.4 is 0 Å². The molecule has 0 aliphatic rings. The van der Waals surface area contributed by atoms with Gasteiger partial charge in [-0.15, -0.1) is 11.6 Å². The molecule has 0 bridgehead atoms. The number of aryl methyl sites for hydroxylation is 2. The molecule has 0 aromatic carbocycles. The van der Waals surface area contributed by atoms with E-state index in [9.17, 15) is 0 Å². The van der Waals surface area contributed by atoms with Crippen LogP contribution in [0.3, 0.4) is 0 Å². The number of hydrogen-bond acceptors (Lipinski definition) is 2. The molecule has 0 aliphatic heterocycles. The quantitative estimate of drug-likeness (QED) is 0.583. The Bertz CT molecular complexity index is 546. The Morgan fingerprint density at radius 3 is 2.68 bits per heavy atom. The van der Waals surface area contributed by atoms with Crippen LogP contribution in [0.5, 0.6) is 0 Å². The van der Waals surface area contributed by atoms with Crippen LogP contribution in [0.1, 0.15) is 44.6 Å². The maximum Gasteiger partial charge on any atom is 0.160 e. The number of aromatic nitrogens is 3. The van der Waals surface area contributed by atoms with Crippen LogP contribution in [0.15, 0.2) is 12.1 Å². The zero-order valence-corrected chi connectivity index (χ0v) is 12.7. The molecule has 2 aromatic rings. The number of fused-ring (bicyclic) bond motifs is 1. The van der Waals surface area contributed by atoms with Gasteiger partial charge in [-0.3, -0.25) is 0 Å². The lowest BCUT2D eigenvalue weighted by molar-refractivity contribution is 0.508. The maximum atomic E-state index is 6.00. The third-order valence-corrected chi connectivity index (χ3v) is 3.58. The molecule has 0 radical (unpaired) electrons. The smallest absolute Gasteiger partial charge is 0.160 e. The van der Waals surface area contributed by atoms with Crippen LogP contribution in [0, 0.1) is 12.8 Å². The van der Waals surface area contributed by atoms with Gasteiger partial charge in [-0.05, 0) is 31.4 Å². The van der Waals surface area contributed by atoms with E-state index in [2.05, 4.69) is 28.4 Å². The summed E-state index contributed by atoms with van der Waals surface area (Å²) in [6.45, 7) is 7.50. The molecule has 19 heavy (non-hydrogen) atoms. The second-order valence-corrected chi connectivity index (χ2v) is 5.77. The summed E-state index contributed by atoms with van der Waals surface area (Å²) in [5.41, 5.74) is 2.95. The summed E-state index contributed by atoms with van der Waals surface area (Å²) in [6.07, 6.45) is 3.67. The van der Waals surface area contributed by atoms with Crippen molar-refractivity contribution in [3.8, 4) is 0 Å². The fourth-order valence-corrected chi connectivity index (χ4v) is 2.51. The predicted molar refractivity (Wildman–Crippen MR) is 80.5 cm³/mol.